The Morgan fingerprint density at radius 2 is 2.00 bits per heavy atom. The van der Waals surface area contributed by atoms with E-state index in [0.717, 1.165) is 21.9 Å². The Morgan fingerprint density at radius 3 is 2.58 bits per heavy atom. The number of benzene rings is 1. The topological polar surface area (TPSA) is 171 Å². The summed E-state index contributed by atoms with van der Waals surface area (Å²) >= 11 is 0. The van der Waals surface area contributed by atoms with Crippen LogP contribution in [-0.2, 0) is 19.2 Å². The lowest BCUT2D eigenvalue weighted by atomic mass is 9.96. The fourth-order valence-corrected chi connectivity index (χ4v) is 4.55. The van der Waals surface area contributed by atoms with Crippen molar-refractivity contribution >= 4 is 35.4 Å². The zero-order valence-corrected chi connectivity index (χ0v) is 20.4. The number of fused-ring (bicyclic) bond motifs is 1. The molecule has 1 aromatic rings. The van der Waals surface area contributed by atoms with Crippen molar-refractivity contribution in [2.24, 2.45) is 11.7 Å². The standard InChI is InChI=1S/C23H30FN5O7/c1-11(2)7-15(28(4)19(31)12(3)26-22(34)35)20(32)29-10-23(9-16(29)18(25)30)21(33)27-14-8-13(24)5-6-17(14)36-23/h5-6,8,11-12,15-16,26H,7,9-10H2,1-4H3,(H2,25,30)(H,27,33)(H,34,35)/t12-,15-,16-,23+/m0/s1. The molecule has 1 fully saturated rings. The summed E-state index contributed by atoms with van der Waals surface area (Å²) in [7, 11) is 1.37. The van der Waals surface area contributed by atoms with Gasteiger partial charge in [-0.1, -0.05) is 13.8 Å². The summed E-state index contributed by atoms with van der Waals surface area (Å²) in [5, 5.41) is 13.6. The van der Waals surface area contributed by atoms with Gasteiger partial charge in [0.1, 0.15) is 29.7 Å². The summed E-state index contributed by atoms with van der Waals surface area (Å²) < 4.78 is 19.5. The van der Waals surface area contributed by atoms with E-state index in [0.29, 0.717) is 0 Å². The van der Waals surface area contributed by atoms with Crippen molar-refractivity contribution in [1.82, 2.24) is 15.1 Å². The average molecular weight is 508 g/mol. The van der Waals surface area contributed by atoms with Crippen LogP contribution in [-0.4, -0.2) is 81.9 Å². The summed E-state index contributed by atoms with van der Waals surface area (Å²) in [6.45, 7) is 4.69. The van der Waals surface area contributed by atoms with Crippen LogP contribution in [0.3, 0.4) is 0 Å². The smallest absolute Gasteiger partial charge is 0.405 e. The van der Waals surface area contributed by atoms with Crippen LogP contribution in [0.5, 0.6) is 5.75 Å². The number of nitrogens with zero attached hydrogens (tertiary/aromatic N) is 2. The highest BCUT2D eigenvalue weighted by Crippen LogP contribution is 2.41. The minimum Gasteiger partial charge on any atom is -0.473 e. The molecule has 1 spiro atoms. The molecule has 0 unspecified atom stereocenters. The van der Waals surface area contributed by atoms with Crippen LogP contribution in [0.25, 0.3) is 0 Å². The number of amides is 5. The minimum atomic E-state index is -1.65. The van der Waals surface area contributed by atoms with E-state index < -0.39 is 59.3 Å². The van der Waals surface area contributed by atoms with Crippen molar-refractivity contribution < 1.29 is 38.2 Å². The minimum absolute atomic E-state index is 0.0588. The number of carbonyl (C=O) groups is 5. The summed E-state index contributed by atoms with van der Waals surface area (Å²) in [5.41, 5.74) is 4.06. The molecule has 0 aliphatic carbocycles. The molecular weight excluding hydrogens is 477 g/mol. The zero-order chi connectivity index (χ0) is 26.9. The lowest BCUT2D eigenvalue weighted by Gasteiger charge is -2.36. The van der Waals surface area contributed by atoms with E-state index in [4.69, 9.17) is 15.6 Å². The molecule has 4 atom stereocenters. The van der Waals surface area contributed by atoms with Crippen LogP contribution in [0.2, 0.25) is 0 Å². The number of nitrogens with one attached hydrogen (secondary N) is 2. The van der Waals surface area contributed by atoms with Gasteiger partial charge in [-0.05, 0) is 31.4 Å². The van der Waals surface area contributed by atoms with E-state index in [1.165, 1.54) is 20.0 Å². The predicted octanol–water partition coefficient (Wildman–Crippen LogP) is 0.511. The second-order valence-corrected chi connectivity index (χ2v) is 9.55. The van der Waals surface area contributed by atoms with Crippen LogP contribution in [0.1, 0.15) is 33.6 Å². The number of likely N-dealkylation sites (N-methyl/N-ethyl adjacent to an activating group) is 1. The van der Waals surface area contributed by atoms with Gasteiger partial charge in [-0.25, -0.2) is 9.18 Å². The predicted molar refractivity (Wildman–Crippen MR) is 124 cm³/mol. The van der Waals surface area contributed by atoms with Gasteiger partial charge in [-0.15, -0.1) is 0 Å². The van der Waals surface area contributed by atoms with Crippen molar-refractivity contribution in [3.63, 3.8) is 0 Å². The maximum absolute atomic E-state index is 13.8. The summed E-state index contributed by atoms with van der Waals surface area (Å²) in [4.78, 5) is 65.2. The molecule has 0 radical (unpaired) electrons. The Hall–Kier alpha value is -3.90. The Labute approximate surface area is 206 Å². The number of carbonyl (C=O) groups excluding carboxylic acids is 4. The Morgan fingerprint density at radius 1 is 1.33 bits per heavy atom. The Balaban J connectivity index is 1.92. The van der Waals surface area contributed by atoms with Gasteiger partial charge in [0.15, 0.2) is 0 Å². The summed E-state index contributed by atoms with van der Waals surface area (Å²) in [6, 6.07) is 0.170. The normalized spacial score (nSPS) is 22.3. The van der Waals surface area contributed by atoms with Crippen molar-refractivity contribution in [3.8, 4) is 5.75 Å². The number of hydrogen-bond donors (Lipinski definition) is 4. The third-order valence-electron chi connectivity index (χ3n) is 6.35. The van der Waals surface area contributed by atoms with Gasteiger partial charge in [-0.3, -0.25) is 19.2 Å². The second kappa shape index (κ2) is 9.99. The van der Waals surface area contributed by atoms with Crippen LogP contribution in [0.15, 0.2) is 18.2 Å². The molecule has 13 heteroatoms. The van der Waals surface area contributed by atoms with Crippen molar-refractivity contribution in [1.29, 1.82) is 0 Å². The maximum atomic E-state index is 13.8. The highest BCUT2D eigenvalue weighted by Gasteiger charge is 2.57. The largest absolute Gasteiger partial charge is 0.473 e. The first-order chi connectivity index (χ1) is 16.8. The van der Waals surface area contributed by atoms with E-state index in [-0.39, 0.29) is 36.7 Å². The van der Waals surface area contributed by atoms with Gasteiger partial charge in [-0.2, -0.15) is 0 Å². The lowest BCUT2D eigenvalue weighted by molar-refractivity contribution is -0.148. The number of carboxylic acid groups (broad SMARTS) is 1. The van der Waals surface area contributed by atoms with Gasteiger partial charge in [0.2, 0.25) is 23.3 Å². The van der Waals surface area contributed by atoms with Crippen LogP contribution in [0.4, 0.5) is 14.9 Å². The van der Waals surface area contributed by atoms with Crippen molar-refractivity contribution in [3.05, 3.63) is 24.0 Å². The van der Waals surface area contributed by atoms with Crippen LogP contribution >= 0.6 is 0 Å². The first-order valence-corrected chi connectivity index (χ1v) is 11.4. The molecule has 0 bridgehead atoms. The zero-order valence-electron chi connectivity index (χ0n) is 20.4. The van der Waals surface area contributed by atoms with E-state index >= 15 is 0 Å². The highest BCUT2D eigenvalue weighted by molar-refractivity contribution is 6.03. The molecule has 1 saturated heterocycles. The molecule has 5 N–H and O–H groups in total. The number of nitrogens with two attached hydrogens (primary N) is 1. The third-order valence-corrected chi connectivity index (χ3v) is 6.35. The summed E-state index contributed by atoms with van der Waals surface area (Å²) in [6.07, 6.45) is -1.43. The van der Waals surface area contributed by atoms with E-state index in [1.54, 1.807) is 0 Å². The molecule has 0 aromatic heterocycles. The monoisotopic (exact) mass is 507 g/mol. The molecule has 1 aromatic carbocycles. The number of primary amides is 1. The maximum Gasteiger partial charge on any atom is 0.405 e. The fourth-order valence-electron chi connectivity index (χ4n) is 4.55. The second-order valence-electron chi connectivity index (χ2n) is 9.55. The summed E-state index contributed by atoms with van der Waals surface area (Å²) in [5.74, 6) is -3.27. The molecule has 0 saturated carbocycles. The van der Waals surface area contributed by atoms with Crippen LogP contribution in [0, 0.1) is 11.7 Å². The number of halogens is 1. The molecular formula is C23H30FN5O7. The van der Waals surface area contributed by atoms with E-state index in [1.807, 2.05) is 13.8 Å². The quantitative estimate of drug-likeness (QED) is 0.416. The van der Waals surface area contributed by atoms with Crippen molar-refractivity contribution in [2.75, 3.05) is 18.9 Å². The molecule has 3 rings (SSSR count). The van der Waals surface area contributed by atoms with Gasteiger partial charge < -0.3 is 36.0 Å². The number of rotatable bonds is 7. The molecule has 36 heavy (non-hydrogen) atoms. The Bertz CT molecular complexity index is 1100. The van der Waals surface area contributed by atoms with Gasteiger partial charge in [0.05, 0.1) is 12.2 Å². The number of anilines is 1. The van der Waals surface area contributed by atoms with E-state index in [9.17, 15) is 28.4 Å². The molecule has 2 heterocycles. The SMILES string of the molecule is CC(C)C[C@@H](C(=O)N1C[C@@]2(C[C@H]1C(N)=O)Oc1ccc(F)cc1NC2=O)N(C)C(=O)[C@H](C)NC(=O)O. The Kier molecular flexibility index (Phi) is 7.41. The van der Waals surface area contributed by atoms with Crippen molar-refractivity contribution in [2.45, 2.75) is 57.3 Å². The van der Waals surface area contributed by atoms with Gasteiger partial charge in [0, 0.05) is 19.5 Å². The van der Waals surface area contributed by atoms with Crippen LogP contribution < -0.4 is 21.1 Å². The highest BCUT2D eigenvalue weighted by atomic mass is 19.1. The molecule has 196 valence electrons. The van der Waals surface area contributed by atoms with Gasteiger partial charge in [0.25, 0.3) is 5.91 Å². The van der Waals surface area contributed by atoms with E-state index in [2.05, 4.69) is 10.6 Å². The van der Waals surface area contributed by atoms with Gasteiger partial charge >= 0.3 is 6.09 Å². The molecule has 2 aliphatic heterocycles. The number of hydrogen-bond acceptors (Lipinski definition) is 6. The first-order valence-electron chi connectivity index (χ1n) is 11.4. The lowest BCUT2D eigenvalue weighted by Crippen LogP contribution is -2.57. The molecule has 12 nitrogen and oxygen atoms in total. The first kappa shape index (κ1) is 26.7. The molecule has 5 amide bonds. The number of likely N-dealkylation sites (tertiary alicyclic amines) is 1. The number of ether oxygens (including phenoxy) is 1. The molecule has 2 aliphatic rings. The average Bonchev–Trinajstić information content (AvgIpc) is 3.17. The fraction of sp³-hybridized carbons (Fsp3) is 0.522. The third kappa shape index (κ3) is 5.19.